The minimum atomic E-state index is -0.402. The first kappa shape index (κ1) is 22.9. The van der Waals surface area contributed by atoms with E-state index in [2.05, 4.69) is 48.5 Å². The second kappa shape index (κ2) is 9.04. The van der Waals surface area contributed by atoms with E-state index in [1.54, 1.807) is 11.8 Å². The Kier molecular flexibility index (Phi) is 6.08. The summed E-state index contributed by atoms with van der Waals surface area (Å²) >= 11 is 0. The van der Waals surface area contributed by atoms with Crippen LogP contribution in [0.1, 0.15) is 47.0 Å². The predicted molar refractivity (Wildman–Crippen MR) is 135 cm³/mol. The van der Waals surface area contributed by atoms with Gasteiger partial charge in [0, 0.05) is 32.2 Å². The van der Waals surface area contributed by atoms with Crippen LogP contribution in [0.25, 0.3) is 11.1 Å². The van der Waals surface area contributed by atoms with Crippen molar-refractivity contribution in [2.75, 3.05) is 28.0 Å². The van der Waals surface area contributed by atoms with Crippen molar-refractivity contribution in [2.24, 2.45) is 0 Å². The molecule has 4 unspecified atom stereocenters. The summed E-state index contributed by atoms with van der Waals surface area (Å²) in [5, 5.41) is 2.24. The number of nitrogens with zero attached hydrogens (tertiary/aromatic N) is 3. The molecule has 2 fully saturated rings. The minimum Gasteiger partial charge on any atom is -0.368 e. The number of amides is 2. The molecule has 3 aliphatic rings. The Balaban J connectivity index is 1.54. The van der Waals surface area contributed by atoms with Gasteiger partial charge in [0.25, 0.3) is 5.91 Å². The van der Waals surface area contributed by atoms with Gasteiger partial charge in [-0.15, -0.1) is 0 Å². The Morgan fingerprint density at radius 2 is 1.79 bits per heavy atom. The van der Waals surface area contributed by atoms with Crippen molar-refractivity contribution < 1.29 is 14.3 Å². The molecule has 4 atom stereocenters. The number of ether oxygens (including phenoxy) is 1. The van der Waals surface area contributed by atoms with Crippen molar-refractivity contribution in [3.8, 4) is 11.1 Å². The second-order valence-corrected chi connectivity index (χ2v) is 9.93. The number of carbonyl (C=O) groups is 2. The maximum absolute atomic E-state index is 13.4. The van der Waals surface area contributed by atoms with E-state index in [0.29, 0.717) is 25.2 Å². The number of carbonyl (C=O) groups excluding carboxylic acids is 2. The van der Waals surface area contributed by atoms with E-state index >= 15 is 0 Å². The van der Waals surface area contributed by atoms with Gasteiger partial charge in [-0.25, -0.2) is 5.43 Å². The van der Waals surface area contributed by atoms with Crippen molar-refractivity contribution >= 4 is 28.9 Å². The van der Waals surface area contributed by atoms with Crippen molar-refractivity contribution in [1.29, 1.82) is 0 Å². The van der Waals surface area contributed by atoms with Gasteiger partial charge in [-0.05, 0) is 75.4 Å². The third kappa shape index (κ3) is 4.07. The van der Waals surface area contributed by atoms with E-state index in [4.69, 9.17) is 4.74 Å². The maximum atomic E-state index is 13.4. The number of fused-ring (bicyclic) bond motifs is 1. The fraction of sp³-hybridized carbons (Fsp3) is 0.481. The second-order valence-electron chi connectivity index (χ2n) is 9.93. The first-order valence-corrected chi connectivity index (χ1v) is 12.4. The lowest BCUT2D eigenvalue weighted by molar-refractivity contribution is -0.127. The molecule has 2 saturated heterocycles. The monoisotopic (exact) mass is 462 g/mol. The van der Waals surface area contributed by atoms with E-state index in [1.807, 2.05) is 30.0 Å². The zero-order valence-corrected chi connectivity index (χ0v) is 20.5. The van der Waals surface area contributed by atoms with Crippen LogP contribution in [0.5, 0.6) is 0 Å². The zero-order chi connectivity index (χ0) is 24.0. The fourth-order valence-electron chi connectivity index (χ4n) is 5.64. The lowest BCUT2D eigenvalue weighted by atomic mass is 9.99. The van der Waals surface area contributed by atoms with Gasteiger partial charge < -0.3 is 19.5 Å². The molecule has 0 saturated carbocycles. The van der Waals surface area contributed by atoms with Gasteiger partial charge in [0.15, 0.2) is 0 Å². The van der Waals surface area contributed by atoms with Crippen molar-refractivity contribution in [2.45, 2.75) is 71.2 Å². The molecule has 34 heavy (non-hydrogen) atoms. The molecule has 0 bridgehead atoms. The van der Waals surface area contributed by atoms with Gasteiger partial charge >= 0.3 is 0 Å². The van der Waals surface area contributed by atoms with Crippen LogP contribution in [-0.4, -0.2) is 49.2 Å². The number of hydrogen-bond donors (Lipinski definition) is 1. The molecule has 1 N–H and O–H groups in total. The highest BCUT2D eigenvalue weighted by molar-refractivity contribution is 6.06. The van der Waals surface area contributed by atoms with Crippen LogP contribution >= 0.6 is 0 Å². The van der Waals surface area contributed by atoms with Gasteiger partial charge in [0.2, 0.25) is 5.91 Å². The summed E-state index contributed by atoms with van der Waals surface area (Å²) < 4.78 is 5.71. The third-order valence-corrected chi connectivity index (χ3v) is 7.18. The SMILES string of the molecule is CC(=O)N1c2ccc(-c3cccc(N4NC(C)CC4C)c3)cc2N(C(=O)C2CCCO2)CC1C. The van der Waals surface area contributed by atoms with Crippen molar-refractivity contribution in [3.05, 3.63) is 42.5 Å². The molecule has 3 heterocycles. The zero-order valence-electron chi connectivity index (χ0n) is 20.5. The van der Waals surface area contributed by atoms with Gasteiger partial charge in [-0.3, -0.25) is 9.59 Å². The summed E-state index contributed by atoms with van der Waals surface area (Å²) in [6, 6.07) is 15.3. The number of hydrogen-bond acceptors (Lipinski definition) is 5. The molecule has 7 heteroatoms. The van der Waals surface area contributed by atoms with E-state index < -0.39 is 6.10 Å². The summed E-state index contributed by atoms with van der Waals surface area (Å²) in [7, 11) is 0. The summed E-state index contributed by atoms with van der Waals surface area (Å²) in [4.78, 5) is 29.5. The van der Waals surface area contributed by atoms with Crippen LogP contribution < -0.4 is 20.2 Å². The largest absolute Gasteiger partial charge is 0.368 e. The number of rotatable bonds is 3. The predicted octanol–water partition coefficient (Wildman–Crippen LogP) is 4.11. The number of benzene rings is 2. The molecule has 2 aromatic carbocycles. The molecule has 0 aromatic heterocycles. The molecule has 0 aliphatic carbocycles. The molecule has 0 spiro atoms. The molecule has 180 valence electrons. The average molecular weight is 463 g/mol. The topological polar surface area (TPSA) is 65.1 Å². The third-order valence-electron chi connectivity index (χ3n) is 7.18. The van der Waals surface area contributed by atoms with Crippen molar-refractivity contribution in [3.63, 3.8) is 0 Å². The van der Waals surface area contributed by atoms with Gasteiger partial charge in [-0.2, -0.15) is 0 Å². The minimum absolute atomic E-state index is 0.0104. The van der Waals surface area contributed by atoms with Crippen molar-refractivity contribution in [1.82, 2.24) is 5.43 Å². The summed E-state index contributed by atoms with van der Waals surface area (Å²) in [6.07, 6.45) is 2.35. The molecule has 0 radical (unpaired) electrons. The molecule has 2 amide bonds. The Morgan fingerprint density at radius 3 is 2.47 bits per heavy atom. The van der Waals surface area contributed by atoms with E-state index in [9.17, 15) is 9.59 Å². The number of anilines is 3. The smallest absolute Gasteiger partial charge is 0.256 e. The van der Waals surface area contributed by atoms with Gasteiger partial charge in [0.1, 0.15) is 6.10 Å². The Morgan fingerprint density at radius 1 is 1.00 bits per heavy atom. The normalized spacial score (nSPS) is 26.6. The molecule has 3 aliphatic heterocycles. The summed E-state index contributed by atoms with van der Waals surface area (Å²) in [5.41, 5.74) is 8.32. The van der Waals surface area contributed by atoms with E-state index in [-0.39, 0.29) is 17.9 Å². The van der Waals surface area contributed by atoms with Crippen LogP contribution in [0.4, 0.5) is 17.1 Å². The molecule has 7 nitrogen and oxygen atoms in total. The average Bonchev–Trinajstić information content (AvgIpc) is 3.47. The van der Waals surface area contributed by atoms with E-state index in [0.717, 1.165) is 47.5 Å². The molecular formula is C27H34N4O3. The maximum Gasteiger partial charge on any atom is 0.256 e. The molecule has 5 rings (SSSR count). The quantitative estimate of drug-likeness (QED) is 0.744. The highest BCUT2D eigenvalue weighted by Gasteiger charge is 2.37. The Bertz CT molecular complexity index is 1100. The lowest BCUT2D eigenvalue weighted by Crippen LogP contribution is -2.53. The number of nitrogens with one attached hydrogen (secondary N) is 1. The van der Waals surface area contributed by atoms with Crippen LogP contribution in [0, 0.1) is 0 Å². The van der Waals surface area contributed by atoms with Gasteiger partial charge in [0.05, 0.1) is 23.1 Å². The lowest BCUT2D eigenvalue weighted by Gasteiger charge is -2.41. The van der Waals surface area contributed by atoms with Crippen LogP contribution in [0.15, 0.2) is 42.5 Å². The number of hydrazine groups is 1. The molecule has 2 aromatic rings. The fourth-order valence-corrected chi connectivity index (χ4v) is 5.64. The van der Waals surface area contributed by atoms with Gasteiger partial charge in [-0.1, -0.05) is 18.2 Å². The highest BCUT2D eigenvalue weighted by Crippen LogP contribution is 2.40. The van der Waals surface area contributed by atoms with Crippen LogP contribution in [0.3, 0.4) is 0 Å². The Labute approximate surface area is 201 Å². The van der Waals surface area contributed by atoms with Crippen LogP contribution in [-0.2, 0) is 14.3 Å². The first-order valence-electron chi connectivity index (χ1n) is 12.4. The highest BCUT2D eigenvalue weighted by atomic mass is 16.5. The van der Waals surface area contributed by atoms with E-state index in [1.165, 1.54) is 0 Å². The summed E-state index contributed by atoms with van der Waals surface area (Å²) in [5.74, 6) is -0.0280. The standard InChI is InChI=1S/C27H34N4O3/c1-17-13-18(2)31(28-17)23-8-5-7-21(14-23)22-10-11-24-25(15-22)29(16-19(3)30(24)20(4)32)27(33)26-9-6-12-34-26/h5,7-8,10-11,14-15,17-19,26,28H,6,9,12-13,16H2,1-4H3. The Hall–Kier alpha value is -2.90. The summed E-state index contributed by atoms with van der Waals surface area (Å²) in [6.45, 7) is 9.09. The first-order chi connectivity index (χ1) is 16.3. The van der Waals surface area contributed by atoms with Crippen LogP contribution in [0.2, 0.25) is 0 Å². The molecular weight excluding hydrogens is 428 g/mol.